The predicted octanol–water partition coefficient (Wildman–Crippen LogP) is 14.8. The molecule has 0 N–H and O–H groups in total. The minimum atomic E-state index is 0.0414. The van der Waals surface area contributed by atoms with Gasteiger partial charge in [0.2, 0.25) is 0 Å². The van der Waals surface area contributed by atoms with Crippen LogP contribution in [0.2, 0.25) is 0 Å². The van der Waals surface area contributed by atoms with Crippen LogP contribution in [0.1, 0.15) is 37.8 Å². The molecule has 53 heavy (non-hydrogen) atoms. The van der Waals surface area contributed by atoms with Crippen molar-refractivity contribution in [2.75, 3.05) is 0 Å². The zero-order valence-electron chi connectivity index (χ0n) is 30.1. The summed E-state index contributed by atoms with van der Waals surface area (Å²) in [5.41, 5.74) is 13.3. The molecule has 11 rings (SSSR count). The Morgan fingerprint density at radius 1 is 0.396 bits per heavy atom. The Balaban J connectivity index is 1.12. The number of allylic oxidation sites excluding steroid dienone is 4. The molecule has 0 radical (unpaired) electrons. The molecule has 0 aromatic heterocycles. The largest absolute Gasteiger partial charge is 0.0836 e. The van der Waals surface area contributed by atoms with Crippen LogP contribution in [0.15, 0.2) is 175 Å². The van der Waals surface area contributed by atoms with Gasteiger partial charge in [-0.3, -0.25) is 0 Å². The first-order valence-electron chi connectivity index (χ1n) is 19.0. The summed E-state index contributed by atoms with van der Waals surface area (Å²) in [6, 6.07) is 59.4. The van der Waals surface area contributed by atoms with E-state index in [1.165, 1.54) is 104 Å². The summed E-state index contributed by atoms with van der Waals surface area (Å²) < 4.78 is 0. The zero-order valence-corrected chi connectivity index (χ0v) is 30.1. The summed E-state index contributed by atoms with van der Waals surface area (Å²) in [4.78, 5) is 0. The molecule has 0 saturated heterocycles. The van der Waals surface area contributed by atoms with Crippen LogP contribution in [-0.4, -0.2) is 0 Å². The highest BCUT2D eigenvalue weighted by atomic mass is 14.4. The van der Waals surface area contributed by atoms with E-state index in [2.05, 4.69) is 184 Å². The van der Waals surface area contributed by atoms with Gasteiger partial charge in [0.1, 0.15) is 0 Å². The zero-order chi connectivity index (χ0) is 35.3. The van der Waals surface area contributed by atoms with E-state index in [9.17, 15) is 0 Å². The van der Waals surface area contributed by atoms with E-state index in [-0.39, 0.29) is 5.41 Å². The van der Waals surface area contributed by atoms with E-state index in [0.717, 1.165) is 12.8 Å². The minimum Gasteiger partial charge on any atom is -0.0836 e. The molecule has 250 valence electrons. The molecule has 0 unspecified atom stereocenters. The van der Waals surface area contributed by atoms with E-state index in [1.807, 2.05) is 0 Å². The van der Waals surface area contributed by atoms with Gasteiger partial charge in [-0.2, -0.15) is 0 Å². The van der Waals surface area contributed by atoms with Crippen LogP contribution in [-0.2, 0) is 5.41 Å². The van der Waals surface area contributed by atoms with Crippen molar-refractivity contribution in [2.45, 2.75) is 32.1 Å². The second kappa shape index (κ2) is 11.4. The van der Waals surface area contributed by atoms with Gasteiger partial charge in [0.15, 0.2) is 0 Å². The lowest BCUT2D eigenvalue weighted by Gasteiger charge is -2.26. The fourth-order valence-corrected chi connectivity index (χ4v) is 9.60. The average Bonchev–Trinajstić information content (AvgIpc) is 3.45. The van der Waals surface area contributed by atoms with Crippen molar-refractivity contribution in [1.82, 2.24) is 0 Å². The van der Waals surface area contributed by atoms with Crippen LogP contribution in [0.3, 0.4) is 0 Å². The van der Waals surface area contributed by atoms with Gasteiger partial charge in [0, 0.05) is 5.41 Å². The van der Waals surface area contributed by atoms with Gasteiger partial charge >= 0.3 is 0 Å². The Kier molecular flexibility index (Phi) is 6.53. The van der Waals surface area contributed by atoms with Gasteiger partial charge < -0.3 is 0 Å². The summed E-state index contributed by atoms with van der Waals surface area (Å²) in [7, 11) is 0. The van der Waals surface area contributed by atoms with Crippen molar-refractivity contribution < 1.29 is 0 Å². The van der Waals surface area contributed by atoms with Crippen LogP contribution in [0, 0.1) is 0 Å². The van der Waals surface area contributed by atoms with Crippen molar-refractivity contribution in [3.05, 3.63) is 187 Å². The minimum absolute atomic E-state index is 0.0414. The molecule has 0 bridgehead atoms. The van der Waals surface area contributed by atoms with Gasteiger partial charge in [-0.05, 0) is 159 Å². The summed E-state index contributed by atoms with van der Waals surface area (Å²) >= 11 is 0. The second-order valence-corrected chi connectivity index (χ2v) is 15.6. The molecular formula is C53H38. The molecule has 0 saturated carbocycles. The summed E-state index contributed by atoms with van der Waals surface area (Å²) in [6.45, 7) is 4.84. The number of rotatable bonds is 3. The molecule has 0 fully saturated rings. The smallest absolute Gasteiger partial charge is 0.0121 e. The molecule has 2 aliphatic rings. The van der Waals surface area contributed by atoms with Crippen molar-refractivity contribution in [3.8, 4) is 33.4 Å². The maximum Gasteiger partial charge on any atom is 0.0121 e. The Morgan fingerprint density at radius 3 is 1.62 bits per heavy atom. The Labute approximate surface area is 310 Å². The molecule has 0 heteroatoms. The molecule has 0 aliphatic heterocycles. The average molecular weight is 675 g/mol. The van der Waals surface area contributed by atoms with Gasteiger partial charge in [0.05, 0.1) is 0 Å². The third-order valence-electron chi connectivity index (χ3n) is 12.3. The highest BCUT2D eigenvalue weighted by Crippen LogP contribution is 2.51. The van der Waals surface area contributed by atoms with E-state index >= 15 is 0 Å². The summed E-state index contributed by atoms with van der Waals surface area (Å²) in [6.07, 6.45) is 7.01. The lowest BCUT2D eigenvalue weighted by molar-refractivity contribution is 0.608. The van der Waals surface area contributed by atoms with Gasteiger partial charge in [-0.15, -0.1) is 0 Å². The maximum absolute atomic E-state index is 2.51. The Bertz CT molecular complexity index is 3020. The Morgan fingerprint density at radius 2 is 0.925 bits per heavy atom. The van der Waals surface area contributed by atoms with E-state index in [1.54, 1.807) is 5.57 Å². The van der Waals surface area contributed by atoms with Crippen LogP contribution < -0.4 is 0 Å². The van der Waals surface area contributed by atoms with Crippen LogP contribution >= 0.6 is 0 Å². The molecule has 2 aliphatic carbocycles. The normalized spacial score (nSPS) is 14.8. The van der Waals surface area contributed by atoms with Crippen molar-refractivity contribution in [3.63, 3.8) is 0 Å². The molecule has 9 aromatic carbocycles. The predicted molar refractivity (Wildman–Crippen MR) is 229 cm³/mol. The van der Waals surface area contributed by atoms with Crippen molar-refractivity contribution in [2.24, 2.45) is 0 Å². The molecule has 0 nitrogen and oxygen atoms in total. The first-order valence-corrected chi connectivity index (χ1v) is 19.0. The SMILES string of the molecule is CC1(C)C2=C(C=CCC2)c2cc3ccc4ccc(-c5cc(-c6ccccc6)cc(-c6ccc7c8ccccc8c8ccccc8c7c6)c5)cc4c3cc21. The van der Waals surface area contributed by atoms with Crippen LogP contribution in [0.5, 0.6) is 0 Å². The van der Waals surface area contributed by atoms with E-state index in [4.69, 9.17) is 0 Å². The quantitative estimate of drug-likeness (QED) is 0.164. The Hall–Kier alpha value is -6.24. The standard InChI is InChI=1S/C53H38/c1-53(2)51-19-11-10-18-46(51)50-31-37-23-21-34-20-22-35(29-47(34)48(37)32-52(50)53)39-26-38(33-12-4-3-5-13-33)27-40(28-39)36-24-25-45-43-16-7-6-14-41(43)42-15-8-9-17-44(42)49(45)30-36/h3-10,12-18,20-32H,11,19H2,1-2H3. The van der Waals surface area contributed by atoms with Gasteiger partial charge in [-0.25, -0.2) is 0 Å². The lowest BCUT2D eigenvalue weighted by atomic mass is 9.78. The first-order chi connectivity index (χ1) is 26.0. The fourth-order valence-electron chi connectivity index (χ4n) is 9.60. The second-order valence-electron chi connectivity index (χ2n) is 15.6. The molecule has 0 spiro atoms. The summed E-state index contributed by atoms with van der Waals surface area (Å²) in [5.74, 6) is 0. The third-order valence-corrected chi connectivity index (χ3v) is 12.3. The van der Waals surface area contributed by atoms with E-state index < -0.39 is 0 Å². The van der Waals surface area contributed by atoms with Crippen molar-refractivity contribution >= 4 is 59.4 Å². The molecule has 0 heterocycles. The fraction of sp³-hybridized carbons (Fsp3) is 0.0943. The first kappa shape index (κ1) is 30.4. The highest BCUT2D eigenvalue weighted by Gasteiger charge is 2.37. The maximum atomic E-state index is 2.51. The van der Waals surface area contributed by atoms with Gasteiger partial charge in [0.25, 0.3) is 0 Å². The third kappa shape index (κ3) is 4.62. The lowest BCUT2D eigenvalue weighted by Crippen LogP contribution is -2.17. The van der Waals surface area contributed by atoms with Gasteiger partial charge in [-0.1, -0.05) is 147 Å². The number of hydrogen-bond acceptors (Lipinski definition) is 0. The van der Waals surface area contributed by atoms with Crippen LogP contribution in [0.25, 0.3) is 92.8 Å². The topological polar surface area (TPSA) is 0 Å². The van der Waals surface area contributed by atoms with Crippen LogP contribution in [0.4, 0.5) is 0 Å². The number of fused-ring (bicyclic) bond motifs is 11. The van der Waals surface area contributed by atoms with Crippen molar-refractivity contribution in [1.29, 1.82) is 0 Å². The summed E-state index contributed by atoms with van der Waals surface area (Å²) in [5, 5.41) is 13.0. The highest BCUT2D eigenvalue weighted by molar-refractivity contribution is 6.25. The molecular weight excluding hydrogens is 637 g/mol. The molecule has 9 aromatic rings. The van der Waals surface area contributed by atoms with E-state index in [0.29, 0.717) is 0 Å². The molecule has 0 atom stereocenters. The number of benzene rings is 9. The number of hydrogen-bond donors (Lipinski definition) is 0. The molecule has 0 amide bonds. The monoisotopic (exact) mass is 674 g/mol.